The van der Waals surface area contributed by atoms with Crippen molar-refractivity contribution < 1.29 is 4.79 Å². The normalized spacial score (nSPS) is 17.0. The summed E-state index contributed by atoms with van der Waals surface area (Å²) in [6.07, 6.45) is 5.47. The van der Waals surface area contributed by atoms with Crippen LogP contribution in [0.25, 0.3) is 0 Å². The highest BCUT2D eigenvalue weighted by Crippen LogP contribution is 2.34. The SMILES string of the molecule is Cn1ccnc1CNC(=O)[C@@H]1CCc2cc(Br)ccc21. The van der Waals surface area contributed by atoms with Gasteiger partial charge in [-0.15, -0.1) is 0 Å². The van der Waals surface area contributed by atoms with Crippen LogP contribution in [-0.2, 0) is 24.8 Å². The second-order valence-electron chi connectivity index (χ2n) is 5.11. The summed E-state index contributed by atoms with van der Waals surface area (Å²) in [4.78, 5) is 16.6. The van der Waals surface area contributed by atoms with Crippen LogP contribution in [0.2, 0.25) is 0 Å². The van der Waals surface area contributed by atoms with E-state index < -0.39 is 0 Å². The summed E-state index contributed by atoms with van der Waals surface area (Å²) in [5, 5.41) is 2.99. The van der Waals surface area contributed by atoms with Crippen LogP contribution >= 0.6 is 15.9 Å². The number of imidazole rings is 1. The topological polar surface area (TPSA) is 46.9 Å². The molecule has 5 heteroatoms. The maximum absolute atomic E-state index is 12.3. The average Bonchev–Trinajstić information content (AvgIpc) is 3.02. The quantitative estimate of drug-likeness (QED) is 0.938. The Morgan fingerprint density at radius 1 is 1.55 bits per heavy atom. The lowest BCUT2D eigenvalue weighted by Gasteiger charge is -2.12. The first-order valence-electron chi connectivity index (χ1n) is 6.67. The van der Waals surface area contributed by atoms with Crippen molar-refractivity contribution in [2.75, 3.05) is 0 Å². The summed E-state index contributed by atoms with van der Waals surface area (Å²) < 4.78 is 2.99. The second kappa shape index (κ2) is 5.40. The molecule has 1 heterocycles. The third-order valence-corrected chi connectivity index (χ3v) is 4.33. The van der Waals surface area contributed by atoms with E-state index >= 15 is 0 Å². The molecule has 0 fully saturated rings. The highest BCUT2D eigenvalue weighted by molar-refractivity contribution is 9.10. The number of nitrogens with zero attached hydrogens (tertiary/aromatic N) is 2. The molecule has 1 atom stereocenters. The van der Waals surface area contributed by atoms with Gasteiger partial charge in [-0.05, 0) is 36.1 Å². The van der Waals surface area contributed by atoms with Crippen LogP contribution in [0.1, 0.15) is 29.3 Å². The number of benzene rings is 1. The van der Waals surface area contributed by atoms with E-state index in [1.165, 1.54) is 5.56 Å². The molecule has 1 aliphatic rings. The predicted octanol–water partition coefficient (Wildman–Crippen LogP) is 2.53. The summed E-state index contributed by atoms with van der Waals surface area (Å²) in [5.41, 5.74) is 2.43. The van der Waals surface area contributed by atoms with Crippen molar-refractivity contribution in [3.05, 3.63) is 52.0 Å². The number of halogens is 1. The second-order valence-corrected chi connectivity index (χ2v) is 6.02. The van der Waals surface area contributed by atoms with Crippen molar-refractivity contribution in [3.63, 3.8) is 0 Å². The average molecular weight is 334 g/mol. The van der Waals surface area contributed by atoms with Crippen LogP contribution in [0.4, 0.5) is 0 Å². The van der Waals surface area contributed by atoms with E-state index in [0.717, 1.165) is 28.7 Å². The zero-order chi connectivity index (χ0) is 14.1. The number of hydrogen-bond acceptors (Lipinski definition) is 2. The van der Waals surface area contributed by atoms with Crippen LogP contribution in [0.5, 0.6) is 0 Å². The molecule has 0 aliphatic heterocycles. The standard InChI is InChI=1S/C15H16BrN3O/c1-19-7-6-17-14(19)9-18-15(20)13-4-2-10-8-11(16)3-5-12(10)13/h3,5-8,13H,2,4,9H2,1H3,(H,18,20)/t13-/m1/s1. The number of hydrogen-bond donors (Lipinski definition) is 1. The fraction of sp³-hybridized carbons (Fsp3) is 0.333. The van der Waals surface area contributed by atoms with Crippen LogP contribution in [0, 0.1) is 0 Å². The molecule has 1 aromatic carbocycles. The van der Waals surface area contributed by atoms with Gasteiger partial charge in [-0.1, -0.05) is 22.0 Å². The summed E-state index contributed by atoms with van der Waals surface area (Å²) in [5.74, 6) is 0.930. The minimum Gasteiger partial charge on any atom is -0.348 e. The highest BCUT2D eigenvalue weighted by Gasteiger charge is 2.28. The molecule has 0 saturated carbocycles. The fourth-order valence-electron chi connectivity index (χ4n) is 2.71. The number of aryl methyl sites for hydroxylation is 2. The van der Waals surface area contributed by atoms with E-state index in [0.29, 0.717) is 6.54 Å². The molecule has 0 unspecified atom stereocenters. The Balaban J connectivity index is 1.69. The molecule has 0 radical (unpaired) electrons. The Bertz CT molecular complexity index is 650. The number of rotatable bonds is 3. The smallest absolute Gasteiger partial charge is 0.227 e. The third kappa shape index (κ3) is 2.50. The van der Waals surface area contributed by atoms with Gasteiger partial charge in [-0.2, -0.15) is 0 Å². The van der Waals surface area contributed by atoms with Gasteiger partial charge in [0.15, 0.2) is 0 Å². The van der Waals surface area contributed by atoms with Gasteiger partial charge in [0.1, 0.15) is 5.82 Å². The first kappa shape index (κ1) is 13.4. The molecule has 1 aromatic heterocycles. The van der Waals surface area contributed by atoms with Crippen molar-refractivity contribution in [2.24, 2.45) is 7.05 Å². The van der Waals surface area contributed by atoms with E-state index in [1.54, 1.807) is 6.20 Å². The maximum atomic E-state index is 12.3. The van der Waals surface area contributed by atoms with Crippen molar-refractivity contribution in [1.29, 1.82) is 0 Å². The first-order valence-corrected chi connectivity index (χ1v) is 7.46. The monoisotopic (exact) mass is 333 g/mol. The van der Waals surface area contributed by atoms with Gasteiger partial charge < -0.3 is 9.88 Å². The Morgan fingerprint density at radius 2 is 2.40 bits per heavy atom. The number of fused-ring (bicyclic) bond motifs is 1. The number of carbonyl (C=O) groups is 1. The van der Waals surface area contributed by atoms with E-state index in [-0.39, 0.29) is 11.8 Å². The molecule has 1 N–H and O–H groups in total. The van der Waals surface area contributed by atoms with Gasteiger partial charge in [-0.3, -0.25) is 4.79 Å². The number of carbonyl (C=O) groups excluding carboxylic acids is 1. The molecule has 2 aromatic rings. The van der Waals surface area contributed by atoms with Crippen LogP contribution in [-0.4, -0.2) is 15.5 Å². The van der Waals surface area contributed by atoms with Gasteiger partial charge in [0.05, 0.1) is 12.5 Å². The molecule has 104 valence electrons. The Morgan fingerprint density at radius 3 is 3.15 bits per heavy atom. The van der Waals surface area contributed by atoms with Gasteiger partial charge in [0.2, 0.25) is 5.91 Å². The van der Waals surface area contributed by atoms with Gasteiger partial charge in [0, 0.05) is 23.9 Å². The summed E-state index contributed by atoms with van der Waals surface area (Å²) in [7, 11) is 1.93. The molecule has 3 rings (SSSR count). The molecule has 0 spiro atoms. The van der Waals surface area contributed by atoms with Gasteiger partial charge in [-0.25, -0.2) is 4.98 Å². The van der Waals surface area contributed by atoms with E-state index in [2.05, 4.69) is 38.4 Å². The predicted molar refractivity (Wildman–Crippen MR) is 80.3 cm³/mol. The van der Waals surface area contributed by atoms with Crippen molar-refractivity contribution in [3.8, 4) is 0 Å². The third-order valence-electron chi connectivity index (χ3n) is 3.84. The van der Waals surface area contributed by atoms with E-state index in [1.807, 2.05) is 23.9 Å². The minimum absolute atomic E-state index is 0.0293. The summed E-state index contributed by atoms with van der Waals surface area (Å²) in [6.45, 7) is 0.477. The number of aromatic nitrogens is 2. The first-order chi connectivity index (χ1) is 9.65. The lowest BCUT2D eigenvalue weighted by atomic mass is 10.0. The maximum Gasteiger partial charge on any atom is 0.227 e. The van der Waals surface area contributed by atoms with E-state index in [4.69, 9.17) is 0 Å². The summed E-state index contributed by atoms with van der Waals surface area (Å²) >= 11 is 3.48. The zero-order valence-electron chi connectivity index (χ0n) is 11.3. The minimum atomic E-state index is -0.0293. The molecule has 4 nitrogen and oxygen atoms in total. The molecule has 20 heavy (non-hydrogen) atoms. The molecule has 0 saturated heterocycles. The van der Waals surface area contributed by atoms with Gasteiger partial charge >= 0.3 is 0 Å². The zero-order valence-corrected chi connectivity index (χ0v) is 12.9. The Labute approximate surface area is 126 Å². The molecule has 1 aliphatic carbocycles. The number of amides is 1. The van der Waals surface area contributed by atoms with Crippen LogP contribution in [0.3, 0.4) is 0 Å². The van der Waals surface area contributed by atoms with Crippen molar-refractivity contribution >= 4 is 21.8 Å². The fourth-order valence-corrected chi connectivity index (χ4v) is 3.12. The lowest BCUT2D eigenvalue weighted by Crippen LogP contribution is -2.28. The van der Waals surface area contributed by atoms with Crippen LogP contribution in [0.15, 0.2) is 35.1 Å². The van der Waals surface area contributed by atoms with Crippen LogP contribution < -0.4 is 5.32 Å². The lowest BCUT2D eigenvalue weighted by molar-refractivity contribution is -0.122. The Hall–Kier alpha value is -1.62. The molecule has 0 bridgehead atoms. The highest BCUT2D eigenvalue weighted by atomic mass is 79.9. The van der Waals surface area contributed by atoms with Crippen molar-refractivity contribution in [1.82, 2.24) is 14.9 Å². The largest absolute Gasteiger partial charge is 0.348 e. The van der Waals surface area contributed by atoms with E-state index in [9.17, 15) is 4.79 Å². The molecular formula is C15H16BrN3O. The molecular weight excluding hydrogens is 318 g/mol. The summed E-state index contributed by atoms with van der Waals surface area (Å²) in [6, 6.07) is 6.17. The number of nitrogens with one attached hydrogen (secondary N) is 1. The van der Waals surface area contributed by atoms with Gasteiger partial charge in [0.25, 0.3) is 0 Å². The Kier molecular flexibility index (Phi) is 3.61. The molecule has 1 amide bonds. The van der Waals surface area contributed by atoms with Crippen molar-refractivity contribution in [2.45, 2.75) is 25.3 Å².